The summed E-state index contributed by atoms with van der Waals surface area (Å²) in [6.07, 6.45) is 0.491. The first-order valence-corrected chi connectivity index (χ1v) is 6.52. The lowest BCUT2D eigenvalue weighted by atomic mass is 10.0. The lowest BCUT2D eigenvalue weighted by Gasteiger charge is -2.35. The molecule has 1 heterocycles. The number of nitrogens with zero attached hydrogens (tertiary/aromatic N) is 2. The summed E-state index contributed by atoms with van der Waals surface area (Å²) >= 11 is 0. The molecule has 1 saturated heterocycles. The van der Waals surface area contributed by atoms with E-state index in [-0.39, 0.29) is 19.0 Å². The van der Waals surface area contributed by atoms with Gasteiger partial charge in [-0.2, -0.15) is 0 Å². The number of aliphatic carboxylic acids is 1. The van der Waals surface area contributed by atoms with Gasteiger partial charge in [0.2, 0.25) is 0 Å². The molecule has 0 aromatic rings. The van der Waals surface area contributed by atoms with E-state index in [1.54, 1.807) is 4.90 Å². The zero-order valence-corrected chi connectivity index (χ0v) is 11.5. The van der Waals surface area contributed by atoms with Crippen molar-refractivity contribution in [3.05, 3.63) is 0 Å². The third-order valence-electron chi connectivity index (χ3n) is 3.46. The van der Waals surface area contributed by atoms with Crippen LogP contribution in [0.4, 0.5) is 4.79 Å². The molecule has 110 valence electrons. The van der Waals surface area contributed by atoms with E-state index >= 15 is 0 Å². The molecule has 0 radical (unpaired) electrons. The molecule has 0 bridgehead atoms. The van der Waals surface area contributed by atoms with Crippen LogP contribution in [0.3, 0.4) is 0 Å². The number of rotatable bonds is 5. The van der Waals surface area contributed by atoms with Crippen molar-refractivity contribution in [3.63, 3.8) is 0 Å². The first kappa shape index (κ1) is 15.7. The lowest BCUT2D eigenvalue weighted by molar-refractivity contribution is -0.146. The number of urea groups is 1. The molecule has 7 nitrogen and oxygen atoms in total. The molecule has 0 aromatic carbocycles. The zero-order chi connectivity index (χ0) is 14.4. The van der Waals surface area contributed by atoms with Crippen LogP contribution in [0.15, 0.2) is 0 Å². The van der Waals surface area contributed by atoms with Gasteiger partial charge in [0.1, 0.15) is 0 Å². The number of likely N-dealkylation sites (tertiary alicyclic amines) is 1. The number of nitrogens with one attached hydrogen (secondary N) is 1. The minimum absolute atomic E-state index is 0.0231. The van der Waals surface area contributed by atoms with Crippen LogP contribution in [0.2, 0.25) is 0 Å². The number of hydrogen-bond acceptors (Lipinski definition) is 4. The fraction of sp³-hybridized carbons (Fsp3) is 0.833. The van der Waals surface area contributed by atoms with Crippen LogP contribution < -0.4 is 5.32 Å². The molecule has 1 rings (SSSR count). The van der Waals surface area contributed by atoms with Gasteiger partial charge in [0, 0.05) is 32.1 Å². The molecule has 7 heteroatoms. The van der Waals surface area contributed by atoms with Crippen molar-refractivity contribution in [3.8, 4) is 0 Å². The topological polar surface area (TPSA) is 93.1 Å². The molecule has 0 spiro atoms. The Morgan fingerprint density at radius 1 is 1.37 bits per heavy atom. The van der Waals surface area contributed by atoms with Crippen LogP contribution in [0.1, 0.15) is 19.3 Å². The van der Waals surface area contributed by atoms with Crippen molar-refractivity contribution in [1.29, 1.82) is 0 Å². The monoisotopic (exact) mass is 273 g/mol. The van der Waals surface area contributed by atoms with Crippen LogP contribution in [-0.2, 0) is 4.79 Å². The number of carboxylic acid groups (broad SMARTS) is 1. The molecular weight excluding hydrogens is 250 g/mol. The van der Waals surface area contributed by atoms with Crippen molar-refractivity contribution in [2.45, 2.75) is 31.4 Å². The number of carbonyl (C=O) groups excluding carboxylic acids is 1. The van der Waals surface area contributed by atoms with E-state index in [1.807, 2.05) is 14.1 Å². The molecule has 0 aliphatic carbocycles. The zero-order valence-electron chi connectivity index (χ0n) is 11.5. The van der Waals surface area contributed by atoms with E-state index in [1.165, 1.54) is 0 Å². The number of carboxylic acids is 1. The highest BCUT2D eigenvalue weighted by Crippen LogP contribution is 2.13. The molecule has 0 aromatic heterocycles. The lowest BCUT2D eigenvalue weighted by Crippen LogP contribution is -2.48. The van der Waals surface area contributed by atoms with Gasteiger partial charge in [0.25, 0.3) is 0 Å². The van der Waals surface area contributed by atoms with Crippen molar-refractivity contribution >= 4 is 12.0 Å². The van der Waals surface area contributed by atoms with E-state index < -0.39 is 12.1 Å². The Balaban J connectivity index is 2.23. The summed E-state index contributed by atoms with van der Waals surface area (Å²) in [4.78, 5) is 26.1. The second-order valence-corrected chi connectivity index (χ2v) is 5.06. The number of piperidine rings is 1. The Hall–Kier alpha value is -1.34. The summed E-state index contributed by atoms with van der Waals surface area (Å²) in [7, 11) is 4.07. The third kappa shape index (κ3) is 5.04. The quantitative estimate of drug-likeness (QED) is 0.631. The Bertz CT molecular complexity index is 314. The summed E-state index contributed by atoms with van der Waals surface area (Å²) in [5.41, 5.74) is 0. The minimum Gasteiger partial charge on any atom is -0.479 e. The second-order valence-electron chi connectivity index (χ2n) is 5.06. The maximum Gasteiger partial charge on any atom is 0.332 e. The molecule has 0 unspecified atom stereocenters. The molecule has 3 N–H and O–H groups in total. The molecule has 1 atom stereocenters. The molecular formula is C12H23N3O4. The van der Waals surface area contributed by atoms with Gasteiger partial charge >= 0.3 is 12.0 Å². The van der Waals surface area contributed by atoms with Crippen molar-refractivity contribution in [2.24, 2.45) is 0 Å². The number of carbonyl (C=O) groups is 2. The Morgan fingerprint density at radius 2 is 1.95 bits per heavy atom. The molecule has 2 amide bonds. The van der Waals surface area contributed by atoms with Gasteiger partial charge in [-0.05, 0) is 26.9 Å². The van der Waals surface area contributed by atoms with Crippen LogP contribution >= 0.6 is 0 Å². The SMILES string of the molecule is CN(C)C1CCN(C(=O)NCC[C@H](O)C(=O)O)CC1. The van der Waals surface area contributed by atoms with Crippen molar-refractivity contribution in [2.75, 3.05) is 33.7 Å². The van der Waals surface area contributed by atoms with E-state index in [9.17, 15) is 9.59 Å². The Labute approximate surface area is 113 Å². The van der Waals surface area contributed by atoms with E-state index in [2.05, 4.69) is 10.2 Å². The first-order valence-electron chi connectivity index (χ1n) is 6.52. The summed E-state index contributed by atoms with van der Waals surface area (Å²) in [6, 6.07) is 0.327. The van der Waals surface area contributed by atoms with Crippen LogP contribution in [0, 0.1) is 0 Å². The average molecular weight is 273 g/mol. The number of aliphatic hydroxyl groups is 1. The maximum absolute atomic E-state index is 11.8. The predicted octanol–water partition coefficient (Wildman–Crippen LogP) is -0.442. The predicted molar refractivity (Wildman–Crippen MR) is 69.9 cm³/mol. The number of amides is 2. The van der Waals surface area contributed by atoms with Gasteiger partial charge in [-0.25, -0.2) is 9.59 Å². The van der Waals surface area contributed by atoms with E-state index in [0.717, 1.165) is 12.8 Å². The second kappa shape index (κ2) is 7.30. The third-order valence-corrected chi connectivity index (χ3v) is 3.46. The van der Waals surface area contributed by atoms with Crippen molar-refractivity contribution in [1.82, 2.24) is 15.1 Å². The van der Waals surface area contributed by atoms with Crippen molar-refractivity contribution < 1.29 is 19.8 Å². The molecule has 19 heavy (non-hydrogen) atoms. The highest BCUT2D eigenvalue weighted by molar-refractivity contribution is 5.74. The summed E-state index contributed by atoms with van der Waals surface area (Å²) in [5, 5.41) is 20.2. The Morgan fingerprint density at radius 3 is 2.42 bits per heavy atom. The highest BCUT2D eigenvalue weighted by atomic mass is 16.4. The van der Waals surface area contributed by atoms with Crippen LogP contribution in [-0.4, -0.2) is 77.9 Å². The first-order chi connectivity index (χ1) is 8.91. The largest absolute Gasteiger partial charge is 0.479 e. The fourth-order valence-corrected chi connectivity index (χ4v) is 2.14. The van der Waals surface area contributed by atoms with Crippen LogP contribution in [0.25, 0.3) is 0 Å². The molecule has 1 fully saturated rings. The smallest absolute Gasteiger partial charge is 0.332 e. The number of aliphatic hydroxyl groups excluding tert-OH is 1. The average Bonchev–Trinajstić information content (AvgIpc) is 2.38. The van der Waals surface area contributed by atoms with Gasteiger partial charge in [0.15, 0.2) is 6.10 Å². The van der Waals surface area contributed by atoms with Gasteiger partial charge in [-0.1, -0.05) is 0 Å². The molecule has 1 aliphatic heterocycles. The van der Waals surface area contributed by atoms with E-state index in [0.29, 0.717) is 19.1 Å². The maximum atomic E-state index is 11.8. The van der Waals surface area contributed by atoms with Gasteiger partial charge in [0.05, 0.1) is 0 Å². The summed E-state index contributed by atoms with van der Waals surface area (Å²) in [5.74, 6) is -1.26. The van der Waals surface area contributed by atoms with Gasteiger partial charge < -0.3 is 25.3 Å². The molecule has 0 saturated carbocycles. The normalized spacial score (nSPS) is 18.4. The molecule has 1 aliphatic rings. The van der Waals surface area contributed by atoms with Crippen LogP contribution in [0.5, 0.6) is 0 Å². The highest BCUT2D eigenvalue weighted by Gasteiger charge is 2.23. The van der Waals surface area contributed by atoms with Gasteiger partial charge in [-0.15, -0.1) is 0 Å². The standard InChI is InChI=1S/C12H23N3O4/c1-14(2)9-4-7-15(8-5-9)12(19)13-6-3-10(16)11(17)18/h9-10,16H,3-8H2,1-2H3,(H,13,19)(H,17,18)/t10-/m0/s1. The van der Waals surface area contributed by atoms with Gasteiger partial charge in [-0.3, -0.25) is 0 Å². The Kier molecular flexibility index (Phi) is 6.04. The number of hydrogen-bond donors (Lipinski definition) is 3. The van der Waals surface area contributed by atoms with E-state index in [4.69, 9.17) is 10.2 Å². The minimum atomic E-state index is -1.42. The summed E-state index contributed by atoms with van der Waals surface area (Å²) in [6.45, 7) is 1.58. The summed E-state index contributed by atoms with van der Waals surface area (Å²) < 4.78 is 0. The fourth-order valence-electron chi connectivity index (χ4n) is 2.14.